The second-order valence-corrected chi connectivity index (χ2v) is 8.42. The number of ether oxygens (including phenoxy) is 1. The molecule has 1 N–H and O–H groups in total. The van der Waals surface area contributed by atoms with Crippen LogP contribution in [0.1, 0.15) is 28.9 Å². The summed E-state index contributed by atoms with van der Waals surface area (Å²) in [4.78, 5) is 4.63. The van der Waals surface area contributed by atoms with Gasteiger partial charge in [0.2, 0.25) is 0 Å². The fourth-order valence-electron chi connectivity index (χ4n) is 4.18. The SMILES string of the molecule is OC(CN1CCN(CCOC(c2ccc(F)cc2)c2ccc(F)cc2)CC1)c1ccccc1. The van der Waals surface area contributed by atoms with E-state index in [-0.39, 0.29) is 17.7 Å². The zero-order valence-electron chi connectivity index (χ0n) is 18.6. The number of hydrogen-bond donors (Lipinski definition) is 1. The molecule has 0 aliphatic carbocycles. The zero-order valence-corrected chi connectivity index (χ0v) is 18.6. The quantitative estimate of drug-likeness (QED) is 0.521. The van der Waals surface area contributed by atoms with Gasteiger partial charge in [0, 0.05) is 39.3 Å². The van der Waals surface area contributed by atoms with E-state index in [4.69, 9.17) is 4.74 Å². The number of aliphatic hydroxyl groups excluding tert-OH is 1. The number of β-amino-alcohol motifs (C(OH)–C–C–N with tert-alkyl or cyclic N) is 1. The van der Waals surface area contributed by atoms with Gasteiger partial charge in [-0.05, 0) is 41.0 Å². The lowest BCUT2D eigenvalue weighted by Gasteiger charge is -2.35. The van der Waals surface area contributed by atoms with Crippen LogP contribution >= 0.6 is 0 Å². The molecule has 1 unspecified atom stereocenters. The van der Waals surface area contributed by atoms with Crippen LogP contribution in [0.25, 0.3) is 0 Å². The molecule has 4 nitrogen and oxygen atoms in total. The number of aliphatic hydroxyl groups is 1. The van der Waals surface area contributed by atoms with Crippen molar-refractivity contribution in [3.8, 4) is 0 Å². The van der Waals surface area contributed by atoms with Crippen molar-refractivity contribution in [1.29, 1.82) is 0 Å². The Morgan fingerprint density at radius 1 is 0.697 bits per heavy atom. The summed E-state index contributed by atoms with van der Waals surface area (Å²) in [5, 5.41) is 10.5. The first-order valence-corrected chi connectivity index (χ1v) is 11.4. The van der Waals surface area contributed by atoms with Crippen molar-refractivity contribution in [2.24, 2.45) is 0 Å². The number of hydrogen-bond acceptors (Lipinski definition) is 4. The predicted molar refractivity (Wildman–Crippen MR) is 125 cm³/mol. The van der Waals surface area contributed by atoms with E-state index >= 15 is 0 Å². The highest BCUT2D eigenvalue weighted by Gasteiger charge is 2.21. The van der Waals surface area contributed by atoms with Gasteiger partial charge in [-0.1, -0.05) is 54.6 Å². The van der Waals surface area contributed by atoms with Gasteiger partial charge in [0.15, 0.2) is 0 Å². The van der Waals surface area contributed by atoms with Gasteiger partial charge < -0.3 is 9.84 Å². The van der Waals surface area contributed by atoms with E-state index < -0.39 is 6.10 Å². The summed E-state index contributed by atoms with van der Waals surface area (Å²) in [7, 11) is 0. The van der Waals surface area contributed by atoms with E-state index in [0.717, 1.165) is 49.4 Å². The second-order valence-electron chi connectivity index (χ2n) is 8.42. The molecule has 0 spiro atoms. The van der Waals surface area contributed by atoms with E-state index in [9.17, 15) is 13.9 Å². The minimum absolute atomic E-state index is 0.299. The molecule has 174 valence electrons. The monoisotopic (exact) mass is 452 g/mol. The normalized spacial score (nSPS) is 16.2. The first-order valence-electron chi connectivity index (χ1n) is 11.4. The Kier molecular flexibility index (Phi) is 8.18. The molecule has 4 rings (SSSR count). The summed E-state index contributed by atoms with van der Waals surface area (Å²) < 4.78 is 33.0. The Labute approximate surface area is 194 Å². The first-order chi connectivity index (χ1) is 16.1. The summed E-state index contributed by atoms with van der Waals surface area (Å²) in [6.45, 7) is 5.50. The van der Waals surface area contributed by atoms with Crippen LogP contribution in [0.4, 0.5) is 8.78 Å². The highest BCUT2D eigenvalue weighted by molar-refractivity contribution is 5.30. The van der Waals surface area contributed by atoms with Crippen LogP contribution in [0.3, 0.4) is 0 Å². The lowest BCUT2D eigenvalue weighted by atomic mass is 10.0. The number of rotatable bonds is 9. The molecule has 0 amide bonds. The molecule has 0 radical (unpaired) electrons. The zero-order chi connectivity index (χ0) is 23.0. The molecule has 0 saturated carbocycles. The first kappa shape index (κ1) is 23.5. The van der Waals surface area contributed by atoms with Gasteiger partial charge in [-0.15, -0.1) is 0 Å². The van der Waals surface area contributed by atoms with E-state index in [2.05, 4.69) is 9.80 Å². The molecule has 3 aromatic carbocycles. The van der Waals surface area contributed by atoms with Gasteiger partial charge in [-0.3, -0.25) is 9.80 Å². The van der Waals surface area contributed by atoms with Crippen molar-refractivity contribution >= 4 is 0 Å². The van der Waals surface area contributed by atoms with E-state index in [1.807, 2.05) is 30.3 Å². The summed E-state index contributed by atoms with van der Waals surface area (Å²) in [5.41, 5.74) is 2.62. The molecule has 0 aromatic heterocycles. The van der Waals surface area contributed by atoms with Crippen LogP contribution < -0.4 is 0 Å². The number of halogens is 2. The Bertz CT molecular complexity index is 930. The molecule has 1 saturated heterocycles. The predicted octanol–water partition coefficient (Wildman–Crippen LogP) is 4.42. The molecule has 1 heterocycles. The molecule has 33 heavy (non-hydrogen) atoms. The summed E-state index contributed by atoms with van der Waals surface area (Å²) in [6.07, 6.45) is -0.859. The minimum Gasteiger partial charge on any atom is -0.387 e. The van der Waals surface area contributed by atoms with Gasteiger partial charge >= 0.3 is 0 Å². The van der Waals surface area contributed by atoms with Crippen LogP contribution in [0.2, 0.25) is 0 Å². The Balaban J connectivity index is 1.27. The van der Waals surface area contributed by atoms with Crippen LogP contribution in [0.5, 0.6) is 0 Å². The molecular weight excluding hydrogens is 422 g/mol. The third-order valence-corrected chi connectivity index (χ3v) is 6.12. The van der Waals surface area contributed by atoms with Crippen molar-refractivity contribution in [3.05, 3.63) is 107 Å². The third-order valence-electron chi connectivity index (χ3n) is 6.12. The van der Waals surface area contributed by atoms with E-state index in [1.165, 1.54) is 24.3 Å². The number of nitrogens with zero attached hydrogens (tertiary/aromatic N) is 2. The second kappa shape index (κ2) is 11.5. The molecule has 1 fully saturated rings. The van der Waals surface area contributed by atoms with E-state index in [1.54, 1.807) is 24.3 Å². The van der Waals surface area contributed by atoms with Gasteiger partial charge in [0.1, 0.15) is 17.7 Å². The summed E-state index contributed by atoms with van der Waals surface area (Å²) in [5.74, 6) is -0.598. The third kappa shape index (κ3) is 6.68. The van der Waals surface area contributed by atoms with E-state index in [0.29, 0.717) is 13.2 Å². The van der Waals surface area contributed by atoms with Crippen LogP contribution in [0, 0.1) is 11.6 Å². The van der Waals surface area contributed by atoms with Crippen LogP contribution in [-0.2, 0) is 4.74 Å². The highest BCUT2D eigenvalue weighted by atomic mass is 19.1. The molecule has 0 bridgehead atoms. The maximum atomic E-state index is 13.4. The maximum Gasteiger partial charge on any atom is 0.123 e. The Hall–Kier alpha value is -2.64. The van der Waals surface area contributed by atoms with Gasteiger partial charge in [0.25, 0.3) is 0 Å². The van der Waals surface area contributed by atoms with Crippen molar-refractivity contribution in [2.75, 3.05) is 45.9 Å². The summed E-state index contributed by atoms with van der Waals surface area (Å²) in [6, 6.07) is 22.2. The van der Waals surface area contributed by atoms with Crippen molar-refractivity contribution in [3.63, 3.8) is 0 Å². The Morgan fingerprint density at radius 2 is 1.21 bits per heavy atom. The lowest BCUT2D eigenvalue weighted by molar-refractivity contribution is 0.0350. The summed E-state index contributed by atoms with van der Waals surface area (Å²) >= 11 is 0. The minimum atomic E-state index is -0.478. The van der Waals surface area contributed by atoms with Crippen LogP contribution in [-0.4, -0.2) is 60.8 Å². The highest BCUT2D eigenvalue weighted by Crippen LogP contribution is 2.26. The molecule has 6 heteroatoms. The van der Waals surface area contributed by atoms with Gasteiger partial charge in [-0.2, -0.15) is 0 Å². The fourth-order valence-corrected chi connectivity index (χ4v) is 4.18. The molecule has 1 atom stereocenters. The average Bonchev–Trinajstić information content (AvgIpc) is 2.85. The topological polar surface area (TPSA) is 35.9 Å². The van der Waals surface area contributed by atoms with Crippen LogP contribution in [0.15, 0.2) is 78.9 Å². The fraction of sp³-hybridized carbons (Fsp3) is 0.333. The van der Waals surface area contributed by atoms with Crippen molar-refractivity contribution in [2.45, 2.75) is 12.2 Å². The molecule has 1 aliphatic heterocycles. The molecular formula is C27H30F2N2O2. The number of piperazine rings is 1. The lowest BCUT2D eigenvalue weighted by Crippen LogP contribution is -2.48. The largest absolute Gasteiger partial charge is 0.387 e. The van der Waals surface area contributed by atoms with Crippen molar-refractivity contribution < 1.29 is 18.6 Å². The van der Waals surface area contributed by atoms with Crippen molar-refractivity contribution in [1.82, 2.24) is 9.80 Å². The maximum absolute atomic E-state index is 13.4. The Morgan fingerprint density at radius 3 is 1.76 bits per heavy atom. The molecule has 3 aromatic rings. The van der Waals surface area contributed by atoms with Gasteiger partial charge in [-0.25, -0.2) is 8.78 Å². The standard InChI is InChI=1S/C27H30F2N2O2/c28-24-10-6-22(7-11-24)27(23-8-12-25(29)13-9-23)33-19-18-30-14-16-31(17-15-30)20-26(32)21-4-2-1-3-5-21/h1-13,26-27,32H,14-20H2. The molecule has 1 aliphatic rings. The van der Waals surface area contributed by atoms with Gasteiger partial charge in [0.05, 0.1) is 12.7 Å². The smallest absolute Gasteiger partial charge is 0.123 e. The average molecular weight is 453 g/mol. The number of benzene rings is 3.